The number of imidazole rings is 1. The lowest BCUT2D eigenvalue weighted by molar-refractivity contribution is 0.444. The van der Waals surface area contributed by atoms with Crippen molar-refractivity contribution in [2.75, 3.05) is 0 Å². The number of pyridine rings is 1. The molecule has 2 heterocycles. The van der Waals surface area contributed by atoms with Crippen molar-refractivity contribution in [3.05, 3.63) is 29.0 Å². The quantitative estimate of drug-likeness (QED) is 0.677. The van der Waals surface area contributed by atoms with Gasteiger partial charge in [0.15, 0.2) is 0 Å². The molecular formula is C8H7ClN2O. The van der Waals surface area contributed by atoms with Crippen LogP contribution in [0.2, 0.25) is 5.02 Å². The average molecular weight is 183 g/mol. The van der Waals surface area contributed by atoms with Gasteiger partial charge in [-0.2, -0.15) is 0 Å². The van der Waals surface area contributed by atoms with E-state index in [-0.39, 0.29) is 5.88 Å². The van der Waals surface area contributed by atoms with Crippen LogP contribution in [0.4, 0.5) is 0 Å². The predicted molar refractivity (Wildman–Crippen MR) is 46.6 cm³/mol. The molecule has 2 rings (SSSR count). The predicted octanol–water partition coefficient (Wildman–Crippen LogP) is 2.00. The first-order chi connectivity index (χ1) is 5.68. The number of hydrogen-bond acceptors (Lipinski definition) is 2. The number of fused-ring (bicyclic) bond motifs is 1. The zero-order chi connectivity index (χ0) is 8.72. The first-order valence-corrected chi connectivity index (χ1v) is 3.89. The summed E-state index contributed by atoms with van der Waals surface area (Å²) in [5, 5.41) is 10.1. The Bertz CT molecular complexity index is 436. The van der Waals surface area contributed by atoms with Crippen molar-refractivity contribution in [3.8, 4) is 5.88 Å². The van der Waals surface area contributed by atoms with Crippen molar-refractivity contribution >= 4 is 17.2 Å². The number of aromatic hydroxyl groups is 1. The molecule has 0 aromatic carbocycles. The maximum Gasteiger partial charge on any atom is 0.218 e. The second-order valence-electron chi connectivity index (χ2n) is 2.59. The van der Waals surface area contributed by atoms with Gasteiger partial charge in [0, 0.05) is 17.3 Å². The van der Waals surface area contributed by atoms with Crippen LogP contribution in [-0.4, -0.2) is 14.5 Å². The van der Waals surface area contributed by atoms with Gasteiger partial charge in [-0.05, 0) is 13.0 Å². The van der Waals surface area contributed by atoms with Crippen molar-refractivity contribution < 1.29 is 5.11 Å². The summed E-state index contributed by atoms with van der Waals surface area (Å²) in [6.45, 7) is 1.75. The molecule has 0 saturated carbocycles. The molecule has 62 valence electrons. The molecule has 12 heavy (non-hydrogen) atoms. The van der Waals surface area contributed by atoms with E-state index in [1.54, 1.807) is 29.7 Å². The van der Waals surface area contributed by atoms with Gasteiger partial charge in [-0.1, -0.05) is 11.6 Å². The Morgan fingerprint density at radius 3 is 3.08 bits per heavy atom. The van der Waals surface area contributed by atoms with Gasteiger partial charge >= 0.3 is 0 Å². The number of halogens is 1. The highest BCUT2D eigenvalue weighted by molar-refractivity contribution is 6.30. The van der Waals surface area contributed by atoms with Crippen LogP contribution in [0.15, 0.2) is 18.3 Å². The molecule has 0 aliphatic carbocycles. The Morgan fingerprint density at radius 1 is 1.58 bits per heavy atom. The van der Waals surface area contributed by atoms with Crippen molar-refractivity contribution in [3.63, 3.8) is 0 Å². The lowest BCUT2D eigenvalue weighted by atomic mass is 10.5. The van der Waals surface area contributed by atoms with Crippen molar-refractivity contribution in [2.24, 2.45) is 0 Å². The molecule has 0 aliphatic heterocycles. The summed E-state index contributed by atoms with van der Waals surface area (Å²) in [5.41, 5.74) is 1.27. The molecule has 0 spiro atoms. The van der Waals surface area contributed by atoms with Crippen molar-refractivity contribution in [2.45, 2.75) is 6.92 Å². The zero-order valence-electron chi connectivity index (χ0n) is 6.45. The Morgan fingerprint density at radius 2 is 2.33 bits per heavy atom. The van der Waals surface area contributed by atoms with Crippen LogP contribution < -0.4 is 0 Å². The second kappa shape index (κ2) is 2.38. The topological polar surface area (TPSA) is 37.5 Å². The molecule has 3 nitrogen and oxygen atoms in total. The van der Waals surface area contributed by atoms with Gasteiger partial charge in [0.1, 0.15) is 11.3 Å². The average Bonchev–Trinajstić information content (AvgIpc) is 2.28. The highest BCUT2D eigenvalue weighted by Gasteiger charge is 2.05. The van der Waals surface area contributed by atoms with Gasteiger partial charge < -0.3 is 5.11 Å². The summed E-state index contributed by atoms with van der Waals surface area (Å²) in [6, 6.07) is 3.41. The van der Waals surface area contributed by atoms with E-state index >= 15 is 0 Å². The fraction of sp³-hybridized carbons (Fsp3) is 0.125. The number of aryl methyl sites for hydroxylation is 1. The maximum atomic E-state index is 9.45. The van der Waals surface area contributed by atoms with Crippen LogP contribution in [0.3, 0.4) is 0 Å². The summed E-state index contributed by atoms with van der Waals surface area (Å²) in [4.78, 5) is 4.10. The summed E-state index contributed by atoms with van der Waals surface area (Å²) in [7, 11) is 0. The minimum Gasteiger partial charge on any atom is -0.493 e. The Labute approximate surface area is 74.2 Å². The number of hydrogen-bond donors (Lipinski definition) is 1. The molecule has 0 fully saturated rings. The number of aromatic nitrogens is 2. The van der Waals surface area contributed by atoms with Gasteiger partial charge in [-0.15, -0.1) is 0 Å². The summed E-state index contributed by atoms with van der Waals surface area (Å²) in [6.07, 6.45) is 1.69. The number of rotatable bonds is 0. The maximum absolute atomic E-state index is 9.45. The SMILES string of the molecule is Cc1nc2cc(Cl)ccn2c1O. The van der Waals surface area contributed by atoms with Gasteiger partial charge in [0.25, 0.3) is 0 Å². The summed E-state index contributed by atoms with van der Waals surface area (Å²) in [5.74, 6) is 0.168. The lowest BCUT2D eigenvalue weighted by Gasteiger charge is -1.94. The molecule has 0 bridgehead atoms. The Balaban J connectivity index is 2.87. The molecule has 0 amide bonds. The minimum absolute atomic E-state index is 0.168. The van der Waals surface area contributed by atoms with Crippen molar-refractivity contribution in [1.29, 1.82) is 0 Å². The van der Waals surface area contributed by atoms with Gasteiger partial charge in [0.2, 0.25) is 5.88 Å². The summed E-state index contributed by atoms with van der Waals surface area (Å²) >= 11 is 5.75. The van der Waals surface area contributed by atoms with Gasteiger partial charge in [0.05, 0.1) is 0 Å². The van der Waals surface area contributed by atoms with Crippen LogP contribution in [0.5, 0.6) is 5.88 Å². The molecule has 0 atom stereocenters. The monoisotopic (exact) mass is 182 g/mol. The smallest absolute Gasteiger partial charge is 0.218 e. The standard InChI is InChI=1S/C8H7ClN2O/c1-5-8(12)11-3-2-6(9)4-7(11)10-5/h2-4,12H,1H3. The molecule has 1 N–H and O–H groups in total. The van der Waals surface area contributed by atoms with Gasteiger partial charge in [-0.3, -0.25) is 4.40 Å². The van der Waals surface area contributed by atoms with E-state index in [0.717, 1.165) is 0 Å². The highest BCUT2D eigenvalue weighted by Crippen LogP contribution is 2.20. The fourth-order valence-corrected chi connectivity index (χ4v) is 1.28. The summed E-state index contributed by atoms with van der Waals surface area (Å²) < 4.78 is 1.58. The normalized spacial score (nSPS) is 10.8. The second-order valence-corrected chi connectivity index (χ2v) is 3.03. The van der Waals surface area contributed by atoms with E-state index < -0.39 is 0 Å². The van der Waals surface area contributed by atoms with E-state index in [9.17, 15) is 5.11 Å². The lowest BCUT2D eigenvalue weighted by Crippen LogP contribution is -1.81. The Kier molecular flexibility index (Phi) is 1.48. The van der Waals surface area contributed by atoms with Crippen molar-refractivity contribution in [1.82, 2.24) is 9.38 Å². The molecule has 2 aromatic heterocycles. The first-order valence-electron chi connectivity index (χ1n) is 3.51. The fourth-order valence-electron chi connectivity index (χ4n) is 1.12. The van der Waals surface area contributed by atoms with E-state index in [0.29, 0.717) is 16.4 Å². The third-order valence-corrected chi connectivity index (χ3v) is 1.97. The van der Waals surface area contributed by atoms with Crippen LogP contribution in [0, 0.1) is 6.92 Å². The molecule has 0 saturated heterocycles. The third-order valence-electron chi connectivity index (χ3n) is 1.73. The largest absolute Gasteiger partial charge is 0.493 e. The number of nitrogens with zero attached hydrogens (tertiary/aromatic N) is 2. The van der Waals surface area contributed by atoms with E-state index in [1.807, 2.05) is 0 Å². The minimum atomic E-state index is 0.168. The van der Waals surface area contributed by atoms with E-state index in [1.165, 1.54) is 0 Å². The molecule has 0 unspecified atom stereocenters. The van der Waals surface area contributed by atoms with Crippen LogP contribution in [0.1, 0.15) is 5.69 Å². The molecule has 2 aromatic rings. The highest BCUT2D eigenvalue weighted by atomic mass is 35.5. The van der Waals surface area contributed by atoms with Crippen LogP contribution in [0.25, 0.3) is 5.65 Å². The van der Waals surface area contributed by atoms with E-state index in [2.05, 4.69) is 4.98 Å². The molecular weight excluding hydrogens is 176 g/mol. The first kappa shape index (κ1) is 7.43. The molecule has 0 radical (unpaired) electrons. The van der Waals surface area contributed by atoms with Crippen LogP contribution in [-0.2, 0) is 0 Å². The Hall–Kier alpha value is -1.22. The third kappa shape index (κ3) is 0.940. The van der Waals surface area contributed by atoms with Gasteiger partial charge in [-0.25, -0.2) is 4.98 Å². The van der Waals surface area contributed by atoms with E-state index in [4.69, 9.17) is 11.6 Å². The zero-order valence-corrected chi connectivity index (χ0v) is 7.21. The molecule has 4 heteroatoms. The van der Waals surface area contributed by atoms with Crippen LogP contribution >= 0.6 is 11.6 Å². The molecule has 0 aliphatic rings.